The van der Waals surface area contributed by atoms with Crippen LogP contribution in [0.2, 0.25) is 0 Å². The van der Waals surface area contributed by atoms with E-state index in [0.717, 1.165) is 18.8 Å². The van der Waals surface area contributed by atoms with Crippen LogP contribution in [0.3, 0.4) is 0 Å². The molecule has 17 heavy (non-hydrogen) atoms. The summed E-state index contributed by atoms with van der Waals surface area (Å²) in [5.41, 5.74) is 0. The molecule has 0 aromatic carbocycles. The van der Waals surface area contributed by atoms with Crippen molar-refractivity contribution in [1.29, 1.82) is 0 Å². The molecule has 0 aliphatic rings. The van der Waals surface area contributed by atoms with Gasteiger partial charge in [-0.2, -0.15) is 0 Å². The molecule has 0 aliphatic heterocycles. The highest BCUT2D eigenvalue weighted by Gasteiger charge is 2.20. The van der Waals surface area contributed by atoms with Crippen molar-refractivity contribution >= 4 is 5.91 Å². The SMILES string of the molecule is CCC(C)CC[C@@H](CC(C)C)C(=O)NC(C)C. The van der Waals surface area contributed by atoms with Crippen LogP contribution in [-0.2, 0) is 4.79 Å². The van der Waals surface area contributed by atoms with Crippen molar-refractivity contribution in [3.8, 4) is 0 Å². The molecule has 0 bridgehead atoms. The van der Waals surface area contributed by atoms with Crippen molar-refractivity contribution in [1.82, 2.24) is 5.32 Å². The Bertz CT molecular complexity index is 211. The fraction of sp³-hybridized carbons (Fsp3) is 0.933. The van der Waals surface area contributed by atoms with E-state index in [1.54, 1.807) is 0 Å². The van der Waals surface area contributed by atoms with Gasteiger partial charge in [-0.25, -0.2) is 0 Å². The van der Waals surface area contributed by atoms with Crippen LogP contribution in [0, 0.1) is 17.8 Å². The van der Waals surface area contributed by atoms with Gasteiger partial charge in [0.15, 0.2) is 0 Å². The van der Waals surface area contributed by atoms with Gasteiger partial charge in [0, 0.05) is 12.0 Å². The Hall–Kier alpha value is -0.530. The predicted molar refractivity (Wildman–Crippen MR) is 74.9 cm³/mol. The monoisotopic (exact) mass is 241 g/mol. The van der Waals surface area contributed by atoms with Crippen LogP contribution in [0.25, 0.3) is 0 Å². The first-order valence-electron chi connectivity index (χ1n) is 7.17. The van der Waals surface area contributed by atoms with Crippen molar-refractivity contribution in [3.63, 3.8) is 0 Å². The minimum atomic E-state index is 0.200. The maximum atomic E-state index is 12.1. The number of nitrogens with one attached hydrogen (secondary N) is 1. The van der Waals surface area contributed by atoms with E-state index in [9.17, 15) is 4.79 Å². The first-order chi connectivity index (χ1) is 7.86. The first-order valence-corrected chi connectivity index (χ1v) is 7.17. The second kappa shape index (κ2) is 8.54. The van der Waals surface area contributed by atoms with E-state index in [1.165, 1.54) is 12.8 Å². The summed E-state index contributed by atoms with van der Waals surface area (Å²) in [6, 6.07) is 0.251. The number of hydrogen-bond acceptors (Lipinski definition) is 1. The number of hydrogen-bond donors (Lipinski definition) is 1. The second-order valence-electron chi connectivity index (χ2n) is 6.08. The quantitative estimate of drug-likeness (QED) is 0.684. The molecule has 1 amide bonds. The number of rotatable bonds is 8. The van der Waals surface area contributed by atoms with Crippen LogP contribution in [0.5, 0.6) is 0 Å². The lowest BCUT2D eigenvalue weighted by Gasteiger charge is -2.21. The largest absolute Gasteiger partial charge is 0.354 e. The van der Waals surface area contributed by atoms with Crippen molar-refractivity contribution in [2.24, 2.45) is 17.8 Å². The summed E-state index contributed by atoms with van der Waals surface area (Å²) in [4.78, 5) is 12.1. The Labute approximate surface area is 108 Å². The Kier molecular flexibility index (Phi) is 8.28. The van der Waals surface area contributed by atoms with Gasteiger partial charge in [0.25, 0.3) is 0 Å². The lowest BCUT2D eigenvalue weighted by Crippen LogP contribution is -2.36. The average molecular weight is 241 g/mol. The third-order valence-corrected chi connectivity index (χ3v) is 3.26. The summed E-state index contributed by atoms with van der Waals surface area (Å²) in [5.74, 6) is 1.77. The maximum Gasteiger partial charge on any atom is 0.223 e. The lowest BCUT2D eigenvalue weighted by molar-refractivity contribution is -0.126. The normalized spacial score (nSPS) is 15.1. The summed E-state index contributed by atoms with van der Waals surface area (Å²) in [5, 5.41) is 3.05. The molecular weight excluding hydrogens is 210 g/mol. The minimum Gasteiger partial charge on any atom is -0.354 e. The van der Waals surface area contributed by atoms with E-state index >= 15 is 0 Å². The zero-order valence-corrected chi connectivity index (χ0v) is 12.5. The molecule has 2 heteroatoms. The third-order valence-electron chi connectivity index (χ3n) is 3.26. The summed E-state index contributed by atoms with van der Waals surface area (Å²) in [6.07, 6.45) is 4.42. The average Bonchev–Trinajstić information content (AvgIpc) is 2.21. The van der Waals surface area contributed by atoms with E-state index in [0.29, 0.717) is 5.92 Å². The molecule has 0 spiro atoms. The highest BCUT2D eigenvalue weighted by molar-refractivity contribution is 5.78. The van der Waals surface area contributed by atoms with Gasteiger partial charge in [0.05, 0.1) is 0 Å². The maximum absolute atomic E-state index is 12.1. The summed E-state index contributed by atoms with van der Waals surface area (Å²) < 4.78 is 0. The predicted octanol–water partition coefficient (Wildman–Crippen LogP) is 4.00. The summed E-state index contributed by atoms with van der Waals surface area (Å²) >= 11 is 0. The molecular formula is C15H31NO. The number of carbonyl (C=O) groups is 1. The third kappa shape index (κ3) is 8.23. The van der Waals surface area contributed by atoms with Gasteiger partial charge in [-0.05, 0) is 44.9 Å². The van der Waals surface area contributed by atoms with Gasteiger partial charge in [0.1, 0.15) is 0 Å². The zero-order chi connectivity index (χ0) is 13.4. The molecule has 1 unspecified atom stereocenters. The van der Waals surface area contributed by atoms with Crippen molar-refractivity contribution < 1.29 is 4.79 Å². The molecule has 102 valence electrons. The summed E-state index contributed by atoms with van der Waals surface area (Å²) in [7, 11) is 0. The van der Waals surface area contributed by atoms with Crippen LogP contribution in [0.1, 0.15) is 67.2 Å². The molecule has 0 aromatic rings. The van der Waals surface area contributed by atoms with E-state index in [2.05, 4.69) is 33.0 Å². The Morgan fingerprint density at radius 3 is 2.06 bits per heavy atom. The molecule has 0 rings (SSSR count). The highest BCUT2D eigenvalue weighted by Crippen LogP contribution is 2.21. The molecule has 0 fully saturated rings. The lowest BCUT2D eigenvalue weighted by atomic mass is 9.88. The van der Waals surface area contributed by atoms with Crippen molar-refractivity contribution in [2.75, 3.05) is 0 Å². The molecule has 2 nitrogen and oxygen atoms in total. The number of amides is 1. The van der Waals surface area contributed by atoms with Gasteiger partial charge >= 0.3 is 0 Å². The van der Waals surface area contributed by atoms with Crippen LogP contribution < -0.4 is 5.32 Å². The van der Waals surface area contributed by atoms with Crippen LogP contribution >= 0.6 is 0 Å². The van der Waals surface area contributed by atoms with E-state index in [1.807, 2.05) is 13.8 Å². The molecule has 2 atom stereocenters. The fourth-order valence-electron chi connectivity index (χ4n) is 2.02. The van der Waals surface area contributed by atoms with Gasteiger partial charge in [-0.15, -0.1) is 0 Å². The van der Waals surface area contributed by atoms with Gasteiger partial charge < -0.3 is 5.32 Å². The molecule has 0 radical (unpaired) electrons. The molecule has 1 N–H and O–H groups in total. The van der Waals surface area contributed by atoms with Crippen LogP contribution in [0.15, 0.2) is 0 Å². The zero-order valence-electron chi connectivity index (χ0n) is 12.5. The van der Waals surface area contributed by atoms with Crippen molar-refractivity contribution in [3.05, 3.63) is 0 Å². The van der Waals surface area contributed by atoms with Crippen LogP contribution in [0.4, 0.5) is 0 Å². The van der Waals surface area contributed by atoms with E-state index in [4.69, 9.17) is 0 Å². The Morgan fingerprint density at radius 1 is 1.06 bits per heavy atom. The minimum absolute atomic E-state index is 0.200. The summed E-state index contributed by atoms with van der Waals surface area (Å²) in [6.45, 7) is 12.9. The van der Waals surface area contributed by atoms with Gasteiger partial charge in [-0.1, -0.05) is 34.1 Å². The smallest absolute Gasteiger partial charge is 0.223 e. The molecule has 0 saturated heterocycles. The highest BCUT2D eigenvalue weighted by atomic mass is 16.1. The van der Waals surface area contributed by atoms with Gasteiger partial charge in [0.2, 0.25) is 5.91 Å². The molecule has 0 aromatic heterocycles. The first kappa shape index (κ1) is 16.5. The van der Waals surface area contributed by atoms with Gasteiger partial charge in [-0.3, -0.25) is 4.79 Å². The Morgan fingerprint density at radius 2 is 1.65 bits per heavy atom. The van der Waals surface area contributed by atoms with Crippen LogP contribution in [-0.4, -0.2) is 11.9 Å². The van der Waals surface area contributed by atoms with E-state index < -0.39 is 0 Å². The number of carbonyl (C=O) groups excluding carboxylic acids is 1. The van der Waals surface area contributed by atoms with Crippen molar-refractivity contribution in [2.45, 2.75) is 73.3 Å². The molecule has 0 heterocycles. The second-order valence-corrected chi connectivity index (χ2v) is 6.08. The van der Waals surface area contributed by atoms with E-state index in [-0.39, 0.29) is 17.9 Å². The standard InChI is InChI=1S/C15H31NO/c1-7-13(6)8-9-14(10-11(2)3)15(17)16-12(4)5/h11-14H,7-10H2,1-6H3,(H,16,17)/t13?,14-/m0/s1. The fourth-order valence-corrected chi connectivity index (χ4v) is 2.02. The Balaban J connectivity index is 4.26. The molecule has 0 saturated carbocycles. The molecule has 0 aliphatic carbocycles. The topological polar surface area (TPSA) is 29.1 Å².